The molecule has 0 heterocycles. The molecule has 0 aliphatic heterocycles. The summed E-state index contributed by atoms with van der Waals surface area (Å²) in [5.41, 5.74) is 1.44. The van der Waals surface area contributed by atoms with Gasteiger partial charge in [-0.05, 0) is 44.8 Å². The van der Waals surface area contributed by atoms with Gasteiger partial charge in [0.05, 0.1) is 0 Å². The zero-order chi connectivity index (χ0) is 12.3. The molecule has 0 aliphatic carbocycles. The van der Waals surface area contributed by atoms with E-state index in [1.165, 1.54) is 24.8 Å². The summed E-state index contributed by atoms with van der Waals surface area (Å²) in [6.45, 7) is 7.73. The van der Waals surface area contributed by atoms with Gasteiger partial charge in [0.25, 0.3) is 0 Å². The van der Waals surface area contributed by atoms with E-state index in [2.05, 4.69) is 54.8 Å². The van der Waals surface area contributed by atoms with Crippen molar-refractivity contribution < 1.29 is 0 Å². The fourth-order valence-electron chi connectivity index (χ4n) is 1.85. The third-order valence-corrected chi connectivity index (χ3v) is 2.86. The molecule has 0 saturated heterocycles. The summed E-state index contributed by atoms with van der Waals surface area (Å²) in [7, 11) is 0. The Kier molecular flexibility index (Phi) is 7.69. The largest absolute Gasteiger partial charge is 0.315 e. The van der Waals surface area contributed by atoms with Crippen LogP contribution >= 0.6 is 0 Å². The third kappa shape index (κ3) is 7.14. The molecule has 2 nitrogen and oxygen atoms in total. The van der Waals surface area contributed by atoms with Crippen LogP contribution in [0.5, 0.6) is 0 Å². The van der Waals surface area contributed by atoms with Crippen molar-refractivity contribution in [2.75, 3.05) is 19.6 Å². The first-order chi connectivity index (χ1) is 8.33. The van der Waals surface area contributed by atoms with Crippen LogP contribution in [0, 0.1) is 0 Å². The topological polar surface area (TPSA) is 24.1 Å². The second kappa shape index (κ2) is 9.20. The van der Waals surface area contributed by atoms with E-state index in [0.717, 1.165) is 19.6 Å². The average Bonchev–Trinajstić information content (AvgIpc) is 2.36. The van der Waals surface area contributed by atoms with Crippen molar-refractivity contribution in [3.8, 4) is 0 Å². The van der Waals surface area contributed by atoms with Crippen LogP contribution in [0.1, 0.15) is 32.3 Å². The van der Waals surface area contributed by atoms with E-state index in [-0.39, 0.29) is 0 Å². The van der Waals surface area contributed by atoms with Gasteiger partial charge in [0.1, 0.15) is 0 Å². The zero-order valence-corrected chi connectivity index (χ0v) is 11.2. The molecule has 0 saturated carbocycles. The standard InChI is InChI=1S/C15H26N2/c1-3-11-16-13-14(2)17-12-7-10-15-8-5-4-6-9-15/h4-6,8-9,14,16-17H,3,7,10-13H2,1-2H3. The molecule has 1 aromatic carbocycles. The first-order valence-corrected chi connectivity index (χ1v) is 6.81. The Morgan fingerprint density at radius 2 is 1.88 bits per heavy atom. The molecule has 0 amide bonds. The highest BCUT2D eigenvalue weighted by Gasteiger charge is 1.99. The summed E-state index contributed by atoms with van der Waals surface area (Å²) in [5.74, 6) is 0. The van der Waals surface area contributed by atoms with Crippen molar-refractivity contribution in [3.05, 3.63) is 35.9 Å². The molecule has 0 aromatic heterocycles. The Labute approximate surface area is 106 Å². The lowest BCUT2D eigenvalue weighted by atomic mass is 10.1. The van der Waals surface area contributed by atoms with Crippen LogP contribution in [0.2, 0.25) is 0 Å². The second-order valence-corrected chi connectivity index (χ2v) is 4.65. The maximum absolute atomic E-state index is 3.55. The molecule has 1 atom stereocenters. The van der Waals surface area contributed by atoms with Crippen molar-refractivity contribution >= 4 is 0 Å². The first-order valence-electron chi connectivity index (χ1n) is 6.81. The summed E-state index contributed by atoms with van der Waals surface area (Å²) in [6, 6.07) is 11.3. The number of hydrogen-bond donors (Lipinski definition) is 2. The molecule has 0 spiro atoms. The number of rotatable bonds is 9. The maximum atomic E-state index is 3.55. The van der Waals surface area contributed by atoms with E-state index < -0.39 is 0 Å². The van der Waals surface area contributed by atoms with Gasteiger partial charge in [0.2, 0.25) is 0 Å². The van der Waals surface area contributed by atoms with Gasteiger partial charge in [-0.2, -0.15) is 0 Å². The van der Waals surface area contributed by atoms with Crippen molar-refractivity contribution in [1.29, 1.82) is 0 Å². The predicted molar refractivity (Wildman–Crippen MR) is 75.4 cm³/mol. The number of aryl methyl sites for hydroxylation is 1. The van der Waals surface area contributed by atoms with Gasteiger partial charge in [-0.3, -0.25) is 0 Å². The van der Waals surface area contributed by atoms with Gasteiger partial charge in [0, 0.05) is 12.6 Å². The Hall–Kier alpha value is -0.860. The van der Waals surface area contributed by atoms with Gasteiger partial charge in [-0.15, -0.1) is 0 Å². The molecule has 2 N–H and O–H groups in total. The molecule has 0 aliphatic rings. The lowest BCUT2D eigenvalue weighted by Gasteiger charge is -2.14. The van der Waals surface area contributed by atoms with E-state index in [1.54, 1.807) is 0 Å². The minimum absolute atomic E-state index is 0.567. The van der Waals surface area contributed by atoms with E-state index in [4.69, 9.17) is 0 Å². The second-order valence-electron chi connectivity index (χ2n) is 4.65. The van der Waals surface area contributed by atoms with Crippen LogP contribution in [0.3, 0.4) is 0 Å². The van der Waals surface area contributed by atoms with Crippen LogP contribution in [-0.2, 0) is 6.42 Å². The Morgan fingerprint density at radius 1 is 1.12 bits per heavy atom. The molecule has 1 aromatic rings. The average molecular weight is 234 g/mol. The van der Waals surface area contributed by atoms with Gasteiger partial charge in [0.15, 0.2) is 0 Å². The summed E-state index contributed by atoms with van der Waals surface area (Å²) in [5, 5.41) is 6.98. The predicted octanol–water partition coefficient (Wildman–Crippen LogP) is 2.60. The van der Waals surface area contributed by atoms with Crippen LogP contribution in [0.25, 0.3) is 0 Å². The fraction of sp³-hybridized carbons (Fsp3) is 0.600. The minimum atomic E-state index is 0.567. The fourth-order valence-corrected chi connectivity index (χ4v) is 1.85. The third-order valence-electron chi connectivity index (χ3n) is 2.86. The Bertz CT molecular complexity index is 272. The van der Waals surface area contributed by atoms with Crippen molar-refractivity contribution in [3.63, 3.8) is 0 Å². The minimum Gasteiger partial charge on any atom is -0.315 e. The van der Waals surface area contributed by atoms with Crippen molar-refractivity contribution in [1.82, 2.24) is 10.6 Å². The quantitative estimate of drug-likeness (QED) is 0.642. The van der Waals surface area contributed by atoms with Crippen LogP contribution in [0.15, 0.2) is 30.3 Å². The summed E-state index contributed by atoms with van der Waals surface area (Å²) >= 11 is 0. The van der Waals surface area contributed by atoms with Gasteiger partial charge < -0.3 is 10.6 Å². The normalized spacial score (nSPS) is 12.6. The number of hydrogen-bond acceptors (Lipinski definition) is 2. The maximum Gasteiger partial charge on any atom is 0.0164 e. The smallest absolute Gasteiger partial charge is 0.0164 e. The summed E-state index contributed by atoms with van der Waals surface area (Å²) < 4.78 is 0. The van der Waals surface area contributed by atoms with Gasteiger partial charge in [-0.25, -0.2) is 0 Å². The van der Waals surface area contributed by atoms with E-state index in [9.17, 15) is 0 Å². The SMILES string of the molecule is CCCNCC(C)NCCCc1ccccc1. The van der Waals surface area contributed by atoms with E-state index in [0.29, 0.717) is 6.04 Å². The van der Waals surface area contributed by atoms with Gasteiger partial charge in [-0.1, -0.05) is 37.3 Å². The Morgan fingerprint density at radius 3 is 2.59 bits per heavy atom. The van der Waals surface area contributed by atoms with Gasteiger partial charge >= 0.3 is 0 Å². The highest BCUT2D eigenvalue weighted by atomic mass is 15.0. The molecule has 17 heavy (non-hydrogen) atoms. The van der Waals surface area contributed by atoms with E-state index in [1.807, 2.05) is 0 Å². The van der Waals surface area contributed by atoms with Crippen LogP contribution in [-0.4, -0.2) is 25.7 Å². The van der Waals surface area contributed by atoms with Crippen LogP contribution in [0.4, 0.5) is 0 Å². The lowest BCUT2D eigenvalue weighted by molar-refractivity contribution is 0.496. The molecule has 0 fully saturated rings. The molecule has 2 heteroatoms. The molecular formula is C15H26N2. The molecule has 1 rings (SSSR count). The summed E-state index contributed by atoms with van der Waals surface area (Å²) in [6.07, 6.45) is 3.59. The number of benzene rings is 1. The molecule has 96 valence electrons. The summed E-state index contributed by atoms with van der Waals surface area (Å²) in [4.78, 5) is 0. The highest BCUT2D eigenvalue weighted by molar-refractivity contribution is 5.14. The molecule has 0 radical (unpaired) electrons. The lowest BCUT2D eigenvalue weighted by Crippen LogP contribution is -2.37. The highest BCUT2D eigenvalue weighted by Crippen LogP contribution is 2.01. The first kappa shape index (κ1) is 14.2. The van der Waals surface area contributed by atoms with Crippen molar-refractivity contribution in [2.24, 2.45) is 0 Å². The van der Waals surface area contributed by atoms with Crippen LogP contribution < -0.4 is 10.6 Å². The molecule has 0 bridgehead atoms. The monoisotopic (exact) mass is 234 g/mol. The number of nitrogens with one attached hydrogen (secondary N) is 2. The molecular weight excluding hydrogens is 208 g/mol. The van der Waals surface area contributed by atoms with E-state index >= 15 is 0 Å². The zero-order valence-electron chi connectivity index (χ0n) is 11.2. The Balaban J connectivity index is 2.00. The van der Waals surface area contributed by atoms with Crippen molar-refractivity contribution in [2.45, 2.75) is 39.2 Å². The molecule has 1 unspecified atom stereocenters.